The van der Waals surface area contributed by atoms with Crippen LogP contribution in [0.15, 0.2) is 42.6 Å². The number of rotatable bonds is 9. The molecule has 30 heavy (non-hydrogen) atoms. The maximum atomic E-state index is 13.3. The van der Waals surface area contributed by atoms with Crippen LogP contribution in [0.25, 0.3) is 0 Å². The SMILES string of the molecule is COCCCN(CCN1CCN2CCc3cccc(c32)C1=O)C(C)c1ccccn1. The Morgan fingerprint density at radius 3 is 2.83 bits per heavy atom. The van der Waals surface area contributed by atoms with Crippen LogP contribution >= 0.6 is 0 Å². The summed E-state index contributed by atoms with van der Waals surface area (Å²) in [4.78, 5) is 24.7. The van der Waals surface area contributed by atoms with E-state index >= 15 is 0 Å². The lowest BCUT2D eigenvalue weighted by molar-refractivity contribution is 0.0726. The van der Waals surface area contributed by atoms with Crippen molar-refractivity contribution >= 4 is 11.6 Å². The molecule has 0 spiro atoms. The predicted octanol–water partition coefficient (Wildman–Crippen LogP) is 3.00. The number of pyridine rings is 1. The zero-order valence-corrected chi connectivity index (χ0v) is 18.1. The van der Waals surface area contributed by atoms with Crippen LogP contribution in [0.5, 0.6) is 0 Å². The first kappa shape index (κ1) is 20.8. The number of para-hydroxylation sites is 1. The average molecular weight is 409 g/mol. The molecule has 1 aromatic carbocycles. The van der Waals surface area contributed by atoms with Crippen molar-refractivity contribution < 1.29 is 9.53 Å². The smallest absolute Gasteiger partial charge is 0.256 e. The minimum Gasteiger partial charge on any atom is -0.385 e. The van der Waals surface area contributed by atoms with Crippen LogP contribution in [0.4, 0.5) is 5.69 Å². The molecule has 6 heteroatoms. The van der Waals surface area contributed by atoms with Gasteiger partial charge in [-0.15, -0.1) is 0 Å². The summed E-state index contributed by atoms with van der Waals surface area (Å²) in [6.45, 7) is 8.10. The molecule has 0 bridgehead atoms. The van der Waals surface area contributed by atoms with E-state index in [1.54, 1.807) is 7.11 Å². The molecule has 0 fully saturated rings. The highest BCUT2D eigenvalue weighted by molar-refractivity contribution is 6.01. The number of aromatic nitrogens is 1. The van der Waals surface area contributed by atoms with Gasteiger partial charge in [-0.05, 0) is 43.5 Å². The number of hydrogen-bond acceptors (Lipinski definition) is 5. The zero-order valence-electron chi connectivity index (χ0n) is 18.1. The fourth-order valence-corrected chi connectivity index (χ4v) is 4.63. The Balaban J connectivity index is 1.47. The lowest BCUT2D eigenvalue weighted by Gasteiger charge is -2.31. The summed E-state index contributed by atoms with van der Waals surface area (Å²) in [5.41, 5.74) is 4.41. The van der Waals surface area contributed by atoms with Gasteiger partial charge in [0.15, 0.2) is 0 Å². The van der Waals surface area contributed by atoms with Gasteiger partial charge in [0.05, 0.1) is 16.9 Å². The normalized spacial score (nSPS) is 16.7. The molecular formula is C24H32N4O2. The topological polar surface area (TPSA) is 48.9 Å². The van der Waals surface area contributed by atoms with E-state index in [0.717, 1.165) is 70.0 Å². The Kier molecular flexibility index (Phi) is 6.65. The van der Waals surface area contributed by atoms with Gasteiger partial charge >= 0.3 is 0 Å². The van der Waals surface area contributed by atoms with Crippen molar-refractivity contribution in [3.63, 3.8) is 0 Å². The number of benzene rings is 1. The number of carbonyl (C=O) groups is 1. The number of carbonyl (C=O) groups excluding carboxylic acids is 1. The Hall–Kier alpha value is -2.44. The molecule has 0 aliphatic carbocycles. The number of hydrogen-bond donors (Lipinski definition) is 0. The standard InChI is InChI=1S/C24H32N4O2/c1-19(22-9-3-4-11-25-22)26(12-6-18-30-2)14-16-28-17-15-27-13-10-20-7-5-8-21(23(20)27)24(28)29/h3-5,7-9,11,19H,6,10,12-18H2,1-2H3. The molecule has 1 aromatic heterocycles. The van der Waals surface area contributed by atoms with Crippen LogP contribution in [-0.4, -0.2) is 73.7 Å². The molecule has 3 heterocycles. The minimum atomic E-state index is 0.165. The molecule has 1 unspecified atom stereocenters. The lowest BCUT2D eigenvalue weighted by atomic mass is 10.1. The van der Waals surface area contributed by atoms with Gasteiger partial charge in [-0.1, -0.05) is 18.2 Å². The van der Waals surface area contributed by atoms with Crippen LogP contribution in [-0.2, 0) is 11.2 Å². The third-order valence-electron chi connectivity index (χ3n) is 6.36. The molecule has 2 aliphatic heterocycles. The van der Waals surface area contributed by atoms with Crippen LogP contribution < -0.4 is 4.90 Å². The van der Waals surface area contributed by atoms with Crippen molar-refractivity contribution in [2.45, 2.75) is 25.8 Å². The Morgan fingerprint density at radius 2 is 2.03 bits per heavy atom. The highest BCUT2D eigenvalue weighted by atomic mass is 16.5. The van der Waals surface area contributed by atoms with Gasteiger partial charge in [-0.3, -0.25) is 14.7 Å². The molecule has 1 amide bonds. The van der Waals surface area contributed by atoms with Gasteiger partial charge in [0.25, 0.3) is 5.91 Å². The molecule has 0 saturated carbocycles. The van der Waals surface area contributed by atoms with Gasteiger partial charge in [-0.25, -0.2) is 0 Å². The van der Waals surface area contributed by atoms with Crippen molar-refractivity contribution in [3.05, 3.63) is 59.4 Å². The van der Waals surface area contributed by atoms with Gasteiger partial charge in [0.2, 0.25) is 0 Å². The van der Waals surface area contributed by atoms with Crippen LogP contribution in [0.3, 0.4) is 0 Å². The predicted molar refractivity (Wildman–Crippen MR) is 119 cm³/mol. The minimum absolute atomic E-state index is 0.165. The van der Waals surface area contributed by atoms with Crippen molar-refractivity contribution in [1.29, 1.82) is 0 Å². The van der Waals surface area contributed by atoms with E-state index in [1.807, 2.05) is 35.4 Å². The van der Waals surface area contributed by atoms with Crippen LogP contribution in [0.2, 0.25) is 0 Å². The molecule has 160 valence electrons. The first-order chi connectivity index (χ1) is 14.7. The quantitative estimate of drug-likeness (QED) is 0.597. The third-order valence-corrected chi connectivity index (χ3v) is 6.36. The van der Waals surface area contributed by atoms with Crippen LogP contribution in [0.1, 0.15) is 41.0 Å². The fraction of sp³-hybridized carbons (Fsp3) is 0.500. The molecule has 0 radical (unpaired) electrons. The van der Waals surface area contributed by atoms with Gasteiger partial charge < -0.3 is 14.5 Å². The number of amides is 1. The summed E-state index contributed by atoms with van der Waals surface area (Å²) in [5, 5.41) is 0. The van der Waals surface area contributed by atoms with Crippen molar-refractivity contribution in [2.75, 3.05) is 57.9 Å². The van der Waals surface area contributed by atoms with E-state index in [0.29, 0.717) is 0 Å². The summed E-state index contributed by atoms with van der Waals surface area (Å²) in [6, 6.07) is 12.4. The second kappa shape index (κ2) is 9.58. The maximum Gasteiger partial charge on any atom is 0.256 e. The number of anilines is 1. The summed E-state index contributed by atoms with van der Waals surface area (Å²) in [6.07, 6.45) is 3.85. The molecule has 0 N–H and O–H groups in total. The maximum absolute atomic E-state index is 13.3. The van der Waals surface area contributed by atoms with Gasteiger partial charge in [-0.2, -0.15) is 0 Å². The second-order valence-electron chi connectivity index (χ2n) is 8.16. The second-order valence-corrected chi connectivity index (χ2v) is 8.16. The number of ether oxygens (including phenoxy) is 1. The summed E-state index contributed by atoms with van der Waals surface area (Å²) in [5.74, 6) is 0.165. The molecule has 4 rings (SSSR count). The van der Waals surface area contributed by atoms with E-state index in [1.165, 1.54) is 11.3 Å². The fourth-order valence-electron chi connectivity index (χ4n) is 4.63. The monoisotopic (exact) mass is 408 g/mol. The zero-order chi connectivity index (χ0) is 20.9. The van der Waals surface area contributed by atoms with Crippen molar-refractivity contribution in [2.24, 2.45) is 0 Å². The van der Waals surface area contributed by atoms with E-state index < -0.39 is 0 Å². The van der Waals surface area contributed by atoms with E-state index in [-0.39, 0.29) is 11.9 Å². The van der Waals surface area contributed by atoms with Gasteiger partial charge in [0, 0.05) is 65.2 Å². The van der Waals surface area contributed by atoms with E-state index in [2.05, 4.69) is 33.8 Å². The largest absolute Gasteiger partial charge is 0.385 e. The number of methoxy groups -OCH3 is 1. The lowest BCUT2D eigenvalue weighted by Crippen LogP contribution is -2.41. The van der Waals surface area contributed by atoms with E-state index in [9.17, 15) is 4.79 Å². The van der Waals surface area contributed by atoms with Gasteiger partial charge in [0.1, 0.15) is 0 Å². The van der Waals surface area contributed by atoms with E-state index in [4.69, 9.17) is 4.74 Å². The highest BCUT2D eigenvalue weighted by Gasteiger charge is 2.31. The Bertz CT molecular complexity index is 858. The summed E-state index contributed by atoms with van der Waals surface area (Å²) in [7, 11) is 1.74. The molecule has 6 nitrogen and oxygen atoms in total. The average Bonchev–Trinajstić information content (AvgIpc) is 3.15. The van der Waals surface area contributed by atoms with Crippen molar-refractivity contribution in [1.82, 2.24) is 14.8 Å². The Labute approximate surface area is 179 Å². The highest BCUT2D eigenvalue weighted by Crippen LogP contribution is 2.34. The summed E-state index contributed by atoms with van der Waals surface area (Å²) < 4.78 is 5.26. The molecular weight excluding hydrogens is 376 g/mol. The summed E-state index contributed by atoms with van der Waals surface area (Å²) >= 11 is 0. The third kappa shape index (κ3) is 4.35. The molecule has 2 aromatic rings. The Morgan fingerprint density at radius 1 is 1.13 bits per heavy atom. The number of nitrogens with zero attached hydrogens (tertiary/aromatic N) is 4. The first-order valence-electron chi connectivity index (χ1n) is 11.0. The molecule has 0 saturated heterocycles. The van der Waals surface area contributed by atoms with Crippen molar-refractivity contribution in [3.8, 4) is 0 Å². The molecule has 2 aliphatic rings. The van der Waals surface area contributed by atoms with Crippen LogP contribution in [0, 0.1) is 0 Å². The first-order valence-corrected chi connectivity index (χ1v) is 11.0. The molecule has 1 atom stereocenters.